The number of carboxylic acid groups (broad SMARTS) is 1. The lowest BCUT2D eigenvalue weighted by molar-refractivity contribution is -0.139. The van der Waals surface area contributed by atoms with Crippen molar-refractivity contribution in [3.05, 3.63) is 0 Å². The van der Waals surface area contributed by atoms with Crippen molar-refractivity contribution in [2.45, 2.75) is 31.8 Å². The fourth-order valence-corrected chi connectivity index (χ4v) is 1.68. The first kappa shape index (κ1) is 12.9. The summed E-state index contributed by atoms with van der Waals surface area (Å²) in [5, 5.41) is 11.2. The summed E-state index contributed by atoms with van der Waals surface area (Å²) in [5.74, 6) is -1.19. The molecule has 0 aromatic carbocycles. The Hall–Kier alpha value is -1.14. The van der Waals surface area contributed by atoms with E-state index < -0.39 is 17.9 Å². The highest BCUT2D eigenvalue weighted by atomic mass is 16.5. The minimum atomic E-state index is -1.07. The predicted molar refractivity (Wildman–Crippen MR) is 56.8 cm³/mol. The molecule has 0 radical (unpaired) electrons. The lowest BCUT2D eigenvalue weighted by atomic mass is 10.0. The Morgan fingerprint density at radius 3 is 2.81 bits per heavy atom. The van der Waals surface area contributed by atoms with Crippen LogP contribution in [0.1, 0.15) is 19.8 Å². The average molecular weight is 230 g/mol. The molecule has 3 unspecified atom stereocenters. The van der Waals surface area contributed by atoms with Crippen LogP contribution in [0.3, 0.4) is 0 Å². The first-order valence-electron chi connectivity index (χ1n) is 5.36. The van der Waals surface area contributed by atoms with Gasteiger partial charge in [0.2, 0.25) is 5.91 Å². The van der Waals surface area contributed by atoms with Gasteiger partial charge in [0.25, 0.3) is 0 Å². The van der Waals surface area contributed by atoms with Crippen molar-refractivity contribution in [2.75, 3.05) is 13.2 Å². The average Bonchev–Trinajstić information content (AvgIpc) is 2.68. The highest BCUT2D eigenvalue weighted by Gasteiger charge is 2.25. The van der Waals surface area contributed by atoms with Crippen LogP contribution in [0.5, 0.6) is 0 Å². The van der Waals surface area contributed by atoms with Gasteiger partial charge in [-0.25, -0.2) is 0 Å². The fraction of sp³-hybridized carbons (Fsp3) is 0.800. The van der Waals surface area contributed by atoms with Gasteiger partial charge in [0, 0.05) is 18.6 Å². The lowest BCUT2D eigenvalue weighted by Gasteiger charge is -2.21. The van der Waals surface area contributed by atoms with E-state index in [0.717, 1.165) is 6.42 Å². The van der Waals surface area contributed by atoms with E-state index in [9.17, 15) is 9.59 Å². The molecular formula is C10H18N2O4. The van der Waals surface area contributed by atoms with Crippen LogP contribution in [-0.4, -0.2) is 42.3 Å². The fourth-order valence-electron chi connectivity index (χ4n) is 1.68. The molecule has 1 heterocycles. The molecule has 0 spiro atoms. The largest absolute Gasteiger partial charge is 0.481 e. The Kier molecular flexibility index (Phi) is 4.70. The molecule has 6 heteroatoms. The number of hydrogen-bond acceptors (Lipinski definition) is 4. The van der Waals surface area contributed by atoms with Crippen LogP contribution < -0.4 is 11.1 Å². The second-order valence-electron chi connectivity index (χ2n) is 4.13. The third-order valence-electron chi connectivity index (χ3n) is 2.77. The zero-order valence-electron chi connectivity index (χ0n) is 9.31. The van der Waals surface area contributed by atoms with E-state index in [0.29, 0.717) is 19.1 Å². The first-order chi connectivity index (χ1) is 7.50. The highest BCUT2D eigenvalue weighted by molar-refractivity contribution is 5.86. The number of hydrogen-bond donors (Lipinski definition) is 3. The summed E-state index contributed by atoms with van der Waals surface area (Å²) in [7, 11) is 0. The van der Waals surface area contributed by atoms with Crippen molar-refractivity contribution in [1.82, 2.24) is 5.32 Å². The van der Waals surface area contributed by atoms with Crippen LogP contribution in [0.2, 0.25) is 0 Å². The summed E-state index contributed by atoms with van der Waals surface area (Å²) in [6.45, 7) is 3.23. The van der Waals surface area contributed by atoms with Crippen molar-refractivity contribution in [1.29, 1.82) is 0 Å². The molecule has 16 heavy (non-hydrogen) atoms. The Morgan fingerprint density at radius 1 is 1.62 bits per heavy atom. The monoisotopic (exact) mass is 230 g/mol. The van der Waals surface area contributed by atoms with Crippen LogP contribution in [0, 0.1) is 5.92 Å². The van der Waals surface area contributed by atoms with Gasteiger partial charge in [-0.05, 0) is 13.3 Å². The molecule has 1 amide bonds. The van der Waals surface area contributed by atoms with Gasteiger partial charge in [-0.3, -0.25) is 9.59 Å². The maximum Gasteiger partial charge on any atom is 0.305 e. The molecule has 4 N–H and O–H groups in total. The normalized spacial score (nSPS) is 23.8. The highest BCUT2D eigenvalue weighted by Crippen LogP contribution is 2.16. The molecule has 1 fully saturated rings. The van der Waals surface area contributed by atoms with E-state index in [1.807, 2.05) is 6.92 Å². The third-order valence-corrected chi connectivity index (χ3v) is 2.77. The maximum absolute atomic E-state index is 11.5. The summed E-state index contributed by atoms with van der Waals surface area (Å²) in [5.41, 5.74) is 5.44. The van der Waals surface area contributed by atoms with E-state index in [1.54, 1.807) is 0 Å². The number of nitrogens with one attached hydrogen (secondary N) is 1. The summed E-state index contributed by atoms with van der Waals surface area (Å²) >= 11 is 0. The Bertz CT molecular complexity index is 264. The minimum absolute atomic E-state index is 0.0326. The van der Waals surface area contributed by atoms with Crippen LogP contribution in [0.15, 0.2) is 0 Å². The molecule has 3 atom stereocenters. The molecule has 0 aromatic heterocycles. The SMILES string of the molecule is CC(NC(=O)C(N)CC(=O)O)C1CCOC1. The predicted octanol–water partition coefficient (Wildman–Crippen LogP) is -0.670. The van der Waals surface area contributed by atoms with Gasteiger partial charge in [-0.1, -0.05) is 0 Å². The quantitative estimate of drug-likeness (QED) is 0.581. The Balaban J connectivity index is 2.34. The first-order valence-corrected chi connectivity index (χ1v) is 5.36. The second kappa shape index (κ2) is 5.81. The Labute approximate surface area is 94.1 Å². The van der Waals surface area contributed by atoms with Gasteiger partial charge < -0.3 is 20.9 Å². The van der Waals surface area contributed by atoms with Crippen LogP contribution in [0.4, 0.5) is 0 Å². The number of aliphatic carboxylic acids is 1. The van der Waals surface area contributed by atoms with Gasteiger partial charge in [0.15, 0.2) is 0 Å². The summed E-state index contributed by atoms with van der Waals surface area (Å²) in [4.78, 5) is 21.9. The van der Waals surface area contributed by atoms with E-state index in [2.05, 4.69) is 5.32 Å². The summed E-state index contributed by atoms with van der Waals surface area (Å²) < 4.78 is 5.21. The van der Waals surface area contributed by atoms with Gasteiger partial charge >= 0.3 is 5.97 Å². The molecule has 6 nitrogen and oxygen atoms in total. The molecule has 0 aliphatic carbocycles. The molecule has 1 rings (SSSR count). The number of nitrogens with two attached hydrogens (primary N) is 1. The second-order valence-corrected chi connectivity index (χ2v) is 4.13. The van der Waals surface area contributed by atoms with Crippen molar-refractivity contribution < 1.29 is 19.4 Å². The van der Waals surface area contributed by atoms with E-state index in [-0.39, 0.29) is 12.5 Å². The van der Waals surface area contributed by atoms with Crippen LogP contribution in [-0.2, 0) is 14.3 Å². The van der Waals surface area contributed by atoms with Crippen LogP contribution >= 0.6 is 0 Å². The molecule has 0 aromatic rings. The number of amides is 1. The third kappa shape index (κ3) is 3.79. The maximum atomic E-state index is 11.5. The zero-order chi connectivity index (χ0) is 12.1. The molecular weight excluding hydrogens is 212 g/mol. The van der Waals surface area contributed by atoms with E-state index >= 15 is 0 Å². The molecule has 1 aliphatic rings. The van der Waals surface area contributed by atoms with Gasteiger partial charge in [0.1, 0.15) is 0 Å². The zero-order valence-corrected chi connectivity index (χ0v) is 9.31. The number of ether oxygens (including phenoxy) is 1. The lowest BCUT2D eigenvalue weighted by Crippen LogP contribution is -2.47. The number of carbonyl (C=O) groups is 2. The molecule has 1 aliphatic heterocycles. The van der Waals surface area contributed by atoms with Gasteiger partial charge in [0.05, 0.1) is 19.1 Å². The van der Waals surface area contributed by atoms with E-state index in [4.69, 9.17) is 15.6 Å². The Morgan fingerprint density at radius 2 is 2.31 bits per heavy atom. The topological polar surface area (TPSA) is 102 Å². The molecule has 0 saturated carbocycles. The standard InChI is InChI=1S/C10H18N2O4/c1-6(7-2-3-16-5-7)12-10(15)8(11)4-9(13)14/h6-8H,2-5,11H2,1H3,(H,12,15)(H,13,14). The summed E-state index contributed by atoms with van der Waals surface area (Å²) in [6.07, 6.45) is 0.565. The van der Waals surface area contributed by atoms with Gasteiger partial charge in [-0.15, -0.1) is 0 Å². The number of carbonyl (C=O) groups excluding carboxylic acids is 1. The van der Waals surface area contributed by atoms with E-state index in [1.165, 1.54) is 0 Å². The molecule has 1 saturated heterocycles. The smallest absolute Gasteiger partial charge is 0.305 e. The van der Waals surface area contributed by atoms with Gasteiger partial charge in [-0.2, -0.15) is 0 Å². The minimum Gasteiger partial charge on any atom is -0.481 e. The van der Waals surface area contributed by atoms with Crippen molar-refractivity contribution in [2.24, 2.45) is 11.7 Å². The van der Waals surface area contributed by atoms with Crippen molar-refractivity contribution in [3.63, 3.8) is 0 Å². The summed E-state index contributed by atoms with van der Waals surface area (Å²) in [6, 6.07) is -1.02. The van der Waals surface area contributed by atoms with Crippen molar-refractivity contribution in [3.8, 4) is 0 Å². The number of carboxylic acids is 1. The molecule has 92 valence electrons. The van der Waals surface area contributed by atoms with Crippen LogP contribution in [0.25, 0.3) is 0 Å². The van der Waals surface area contributed by atoms with Crippen molar-refractivity contribution >= 4 is 11.9 Å². The number of rotatable bonds is 5. The molecule has 0 bridgehead atoms.